The largest absolute Gasteiger partial charge is 0.302 e. The highest BCUT2D eigenvalue weighted by Gasteiger charge is 2.32. The number of halogens is 3. The maximum atomic E-state index is 13.4. The van der Waals surface area contributed by atoms with Crippen molar-refractivity contribution in [1.82, 2.24) is 9.29 Å². The van der Waals surface area contributed by atoms with Crippen molar-refractivity contribution in [3.8, 4) is 11.3 Å². The number of aromatic nitrogens is 1. The molecule has 1 amide bonds. The molecule has 1 aliphatic rings. The highest BCUT2D eigenvalue weighted by molar-refractivity contribution is 7.89. The molecule has 0 unspecified atom stereocenters. The maximum Gasteiger partial charge on any atom is 0.243 e. The second-order valence-electron chi connectivity index (χ2n) is 7.29. The molecule has 2 aromatic carbocycles. The van der Waals surface area contributed by atoms with Crippen LogP contribution in [0.15, 0.2) is 52.7 Å². The third kappa shape index (κ3) is 4.83. The number of sulfonamides is 1. The second-order valence-corrected chi connectivity index (χ2v) is 10.5. The van der Waals surface area contributed by atoms with Crippen LogP contribution in [0, 0.1) is 17.6 Å². The summed E-state index contributed by atoms with van der Waals surface area (Å²) >= 11 is 7.00. The van der Waals surface area contributed by atoms with E-state index < -0.39 is 21.7 Å². The van der Waals surface area contributed by atoms with Gasteiger partial charge in [-0.25, -0.2) is 22.2 Å². The monoisotopic (exact) mass is 497 g/mol. The van der Waals surface area contributed by atoms with Crippen LogP contribution in [0.1, 0.15) is 12.8 Å². The van der Waals surface area contributed by atoms with Crippen LogP contribution < -0.4 is 5.32 Å². The molecular weight excluding hydrogens is 480 g/mol. The van der Waals surface area contributed by atoms with E-state index in [0.717, 1.165) is 12.1 Å². The van der Waals surface area contributed by atoms with Crippen LogP contribution in [0.3, 0.4) is 0 Å². The van der Waals surface area contributed by atoms with E-state index in [-0.39, 0.29) is 29.8 Å². The molecule has 0 radical (unpaired) electrons. The van der Waals surface area contributed by atoms with Crippen molar-refractivity contribution < 1.29 is 22.0 Å². The van der Waals surface area contributed by atoms with Crippen LogP contribution in [0.4, 0.5) is 13.9 Å². The summed E-state index contributed by atoms with van der Waals surface area (Å²) in [6.07, 6.45) is 0.750. The summed E-state index contributed by atoms with van der Waals surface area (Å²) < 4.78 is 53.5. The van der Waals surface area contributed by atoms with Gasteiger partial charge in [0, 0.05) is 35.0 Å². The molecule has 0 bridgehead atoms. The first-order valence-corrected chi connectivity index (χ1v) is 12.4. The lowest BCUT2D eigenvalue weighted by Gasteiger charge is -2.30. The zero-order valence-electron chi connectivity index (χ0n) is 16.6. The summed E-state index contributed by atoms with van der Waals surface area (Å²) in [4.78, 5) is 17.1. The number of amides is 1. The number of anilines is 1. The Morgan fingerprint density at radius 3 is 2.44 bits per heavy atom. The van der Waals surface area contributed by atoms with Gasteiger partial charge >= 0.3 is 0 Å². The maximum absolute atomic E-state index is 13.4. The number of thiazole rings is 1. The molecule has 1 N–H and O–H groups in total. The van der Waals surface area contributed by atoms with E-state index in [1.165, 1.54) is 46.0 Å². The molecule has 32 heavy (non-hydrogen) atoms. The normalized spacial score (nSPS) is 15.6. The van der Waals surface area contributed by atoms with E-state index in [1.54, 1.807) is 5.38 Å². The predicted octanol–water partition coefficient (Wildman–Crippen LogP) is 4.78. The summed E-state index contributed by atoms with van der Waals surface area (Å²) in [5.74, 6) is -2.52. The van der Waals surface area contributed by atoms with Crippen LogP contribution >= 0.6 is 22.9 Å². The number of carbonyl (C=O) groups is 1. The molecule has 3 aromatic rings. The fourth-order valence-corrected chi connectivity index (χ4v) is 5.76. The van der Waals surface area contributed by atoms with Crippen molar-refractivity contribution in [2.24, 2.45) is 5.92 Å². The Morgan fingerprint density at radius 1 is 1.09 bits per heavy atom. The molecule has 1 saturated heterocycles. The summed E-state index contributed by atoms with van der Waals surface area (Å²) in [6.45, 7) is 0.446. The van der Waals surface area contributed by atoms with Crippen LogP contribution in [0.5, 0.6) is 0 Å². The van der Waals surface area contributed by atoms with Gasteiger partial charge in [0.05, 0.1) is 10.6 Å². The Kier molecular flexibility index (Phi) is 6.57. The minimum Gasteiger partial charge on any atom is -0.302 e. The zero-order chi connectivity index (χ0) is 22.9. The molecule has 6 nitrogen and oxygen atoms in total. The Labute approximate surface area is 192 Å². The smallest absolute Gasteiger partial charge is 0.243 e. The van der Waals surface area contributed by atoms with E-state index >= 15 is 0 Å². The number of carbonyl (C=O) groups excluding carboxylic acids is 1. The van der Waals surface area contributed by atoms with Gasteiger partial charge in [-0.1, -0.05) is 11.6 Å². The lowest BCUT2D eigenvalue weighted by molar-refractivity contribution is -0.120. The van der Waals surface area contributed by atoms with Crippen LogP contribution in [0.2, 0.25) is 5.02 Å². The zero-order valence-corrected chi connectivity index (χ0v) is 19.0. The first kappa shape index (κ1) is 22.8. The number of benzene rings is 2. The molecule has 1 fully saturated rings. The molecule has 0 atom stereocenters. The van der Waals surface area contributed by atoms with Crippen molar-refractivity contribution in [1.29, 1.82) is 0 Å². The molecule has 1 aliphatic heterocycles. The highest BCUT2D eigenvalue weighted by Crippen LogP contribution is 2.29. The fourth-order valence-electron chi connectivity index (χ4n) is 3.44. The SMILES string of the molecule is O=C(Nc1nc(-c2ccc(F)c(F)c2)cs1)C1CCN(S(=O)(=O)c2ccc(Cl)cc2)CC1. The van der Waals surface area contributed by atoms with Gasteiger partial charge in [0.25, 0.3) is 0 Å². The lowest BCUT2D eigenvalue weighted by Crippen LogP contribution is -2.41. The Bertz CT molecular complexity index is 1240. The highest BCUT2D eigenvalue weighted by atomic mass is 35.5. The van der Waals surface area contributed by atoms with Gasteiger partial charge < -0.3 is 5.32 Å². The van der Waals surface area contributed by atoms with E-state index in [1.807, 2.05) is 0 Å². The standard InChI is InChI=1S/C21H18ClF2N3O3S2/c22-15-2-4-16(5-3-15)32(29,30)27-9-7-13(8-10-27)20(28)26-21-25-19(12-31-21)14-1-6-17(23)18(24)11-14/h1-6,11-13H,7-10H2,(H,25,26,28). The van der Waals surface area contributed by atoms with Gasteiger partial charge in [0.2, 0.25) is 15.9 Å². The molecule has 0 saturated carbocycles. The fraction of sp³-hybridized carbons (Fsp3) is 0.238. The number of nitrogens with zero attached hydrogens (tertiary/aromatic N) is 2. The number of hydrogen-bond acceptors (Lipinski definition) is 5. The van der Waals surface area contributed by atoms with E-state index in [4.69, 9.17) is 11.6 Å². The number of piperidine rings is 1. The first-order valence-electron chi connectivity index (χ1n) is 9.71. The summed E-state index contributed by atoms with van der Waals surface area (Å²) in [7, 11) is -3.65. The van der Waals surface area contributed by atoms with Gasteiger partial charge in [0.15, 0.2) is 16.8 Å². The van der Waals surface area contributed by atoms with E-state index in [0.29, 0.717) is 34.3 Å². The number of hydrogen-bond donors (Lipinski definition) is 1. The topological polar surface area (TPSA) is 79.4 Å². The average molecular weight is 498 g/mol. The van der Waals surface area contributed by atoms with Crippen molar-refractivity contribution in [3.63, 3.8) is 0 Å². The number of rotatable bonds is 5. The predicted molar refractivity (Wildman–Crippen MR) is 119 cm³/mol. The third-order valence-corrected chi connectivity index (χ3v) is 8.15. The van der Waals surface area contributed by atoms with Gasteiger partial charge in [0.1, 0.15) is 0 Å². The summed E-state index contributed by atoms with van der Waals surface area (Å²) in [6, 6.07) is 9.46. The average Bonchev–Trinajstić information content (AvgIpc) is 3.24. The molecule has 2 heterocycles. The molecule has 11 heteroatoms. The summed E-state index contributed by atoms with van der Waals surface area (Å²) in [5.41, 5.74) is 0.828. The van der Waals surface area contributed by atoms with Crippen molar-refractivity contribution in [3.05, 3.63) is 64.5 Å². The van der Waals surface area contributed by atoms with E-state index in [9.17, 15) is 22.0 Å². The molecular formula is C21H18ClF2N3O3S2. The summed E-state index contributed by atoms with van der Waals surface area (Å²) in [5, 5.41) is 5.17. The van der Waals surface area contributed by atoms with Crippen molar-refractivity contribution in [2.75, 3.05) is 18.4 Å². The van der Waals surface area contributed by atoms with Crippen molar-refractivity contribution in [2.45, 2.75) is 17.7 Å². The van der Waals surface area contributed by atoms with Gasteiger partial charge in [-0.05, 0) is 55.3 Å². The van der Waals surface area contributed by atoms with Gasteiger partial charge in [-0.2, -0.15) is 4.31 Å². The third-order valence-electron chi connectivity index (χ3n) is 5.23. The Balaban J connectivity index is 1.36. The van der Waals surface area contributed by atoms with Crippen LogP contribution in [-0.2, 0) is 14.8 Å². The van der Waals surface area contributed by atoms with Gasteiger partial charge in [-0.15, -0.1) is 11.3 Å². The molecule has 168 valence electrons. The Hall–Kier alpha value is -2.40. The minimum absolute atomic E-state index is 0.164. The molecule has 0 aliphatic carbocycles. The molecule has 4 rings (SSSR count). The molecule has 0 spiro atoms. The Morgan fingerprint density at radius 2 is 1.78 bits per heavy atom. The van der Waals surface area contributed by atoms with Crippen LogP contribution in [0.25, 0.3) is 11.3 Å². The van der Waals surface area contributed by atoms with E-state index in [2.05, 4.69) is 10.3 Å². The first-order chi connectivity index (χ1) is 15.2. The lowest BCUT2D eigenvalue weighted by atomic mass is 9.97. The second kappa shape index (κ2) is 9.22. The quantitative estimate of drug-likeness (QED) is 0.550. The van der Waals surface area contributed by atoms with Gasteiger partial charge in [-0.3, -0.25) is 4.79 Å². The van der Waals surface area contributed by atoms with Crippen LogP contribution in [-0.4, -0.2) is 36.7 Å². The van der Waals surface area contributed by atoms with Crippen molar-refractivity contribution >= 4 is 44.0 Å². The minimum atomic E-state index is -3.65. The molecule has 1 aromatic heterocycles. The number of nitrogens with one attached hydrogen (secondary N) is 1.